The van der Waals surface area contributed by atoms with E-state index in [1.54, 1.807) is 24.3 Å². The lowest BCUT2D eigenvalue weighted by molar-refractivity contribution is -0.121. The van der Waals surface area contributed by atoms with Gasteiger partial charge in [0.15, 0.2) is 0 Å². The van der Waals surface area contributed by atoms with E-state index in [1.807, 2.05) is 6.92 Å². The normalized spacial score (nSPS) is 11.3. The van der Waals surface area contributed by atoms with Crippen molar-refractivity contribution in [3.05, 3.63) is 35.4 Å². The summed E-state index contributed by atoms with van der Waals surface area (Å²) in [6, 6.07) is 6.86. The molecule has 1 aromatic rings. The van der Waals surface area contributed by atoms with Crippen molar-refractivity contribution in [2.24, 2.45) is 11.5 Å². The smallest absolute Gasteiger partial charge is 0.248 e. The Balaban J connectivity index is 0.00000324. The zero-order chi connectivity index (χ0) is 13.5. The predicted octanol–water partition coefficient (Wildman–Crippen LogP) is 0.951. The first kappa shape index (κ1) is 17.4. The quantitative estimate of drug-likeness (QED) is 0.726. The molecule has 1 unspecified atom stereocenters. The van der Waals surface area contributed by atoms with E-state index in [9.17, 15) is 9.59 Å². The van der Waals surface area contributed by atoms with Crippen molar-refractivity contribution in [1.82, 2.24) is 5.32 Å². The minimum Gasteiger partial charge on any atom is -0.366 e. The van der Waals surface area contributed by atoms with Gasteiger partial charge in [-0.1, -0.05) is 12.1 Å². The number of benzene rings is 1. The zero-order valence-corrected chi connectivity index (χ0v) is 11.7. The highest BCUT2D eigenvalue weighted by Crippen LogP contribution is 2.04. The van der Waals surface area contributed by atoms with Crippen LogP contribution in [0.15, 0.2) is 24.3 Å². The zero-order valence-electron chi connectivity index (χ0n) is 10.9. The van der Waals surface area contributed by atoms with Gasteiger partial charge < -0.3 is 16.8 Å². The SMILES string of the molecule is CC(N)CCC(=O)NCc1ccc(C(N)=O)cc1.Cl. The van der Waals surface area contributed by atoms with Crippen LogP contribution in [0.3, 0.4) is 0 Å². The topological polar surface area (TPSA) is 98.2 Å². The second-order valence-corrected chi connectivity index (χ2v) is 4.35. The monoisotopic (exact) mass is 285 g/mol. The lowest BCUT2D eigenvalue weighted by atomic mass is 10.1. The second kappa shape index (κ2) is 8.50. The molecular weight excluding hydrogens is 266 g/mol. The van der Waals surface area contributed by atoms with Crippen LogP contribution in [0, 0.1) is 0 Å². The van der Waals surface area contributed by atoms with Crippen LogP contribution in [0.5, 0.6) is 0 Å². The fourth-order valence-corrected chi connectivity index (χ4v) is 1.43. The van der Waals surface area contributed by atoms with Crippen molar-refractivity contribution in [2.45, 2.75) is 32.4 Å². The predicted molar refractivity (Wildman–Crippen MR) is 76.9 cm³/mol. The van der Waals surface area contributed by atoms with Gasteiger partial charge in [0.2, 0.25) is 11.8 Å². The summed E-state index contributed by atoms with van der Waals surface area (Å²) < 4.78 is 0. The van der Waals surface area contributed by atoms with E-state index >= 15 is 0 Å². The Hall–Kier alpha value is -1.59. The number of rotatable bonds is 6. The van der Waals surface area contributed by atoms with Crippen LogP contribution in [-0.4, -0.2) is 17.9 Å². The maximum atomic E-state index is 11.5. The standard InChI is InChI=1S/C13H19N3O2.ClH/c1-9(14)2-7-12(17)16-8-10-3-5-11(6-4-10)13(15)18;/h3-6,9H,2,7-8,14H2,1H3,(H2,15,18)(H,16,17);1H. The van der Waals surface area contributed by atoms with Crippen molar-refractivity contribution >= 4 is 24.2 Å². The van der Waals surface area contributed by atoms with Crippen LogP contribution in [0.25, 0.3) is 0 Å². The molecule has 5 N–H and O–H groups in total. The highest BCUT2D eigenvalue weighted by atomic mass is 35.5. The summed E-state index contributed by atoms with van der Waals surface area (Å²) in [5.74, 6) is -0.478. The largest absolute Gasteiger partial charge is 0.366 e. The van der Waals surface area contributed by atoms with Gasteiger partial charge in [0.1, 0.15) is 0 Å². The summed E-state index contributed by atoms with van der Waals surface area (Å²) in [7, 11) is 0. The third kappa shape index (κ3) is 6.79. The van der Waals surface area contributed by atoms with Crippen LogP contribution < -0.4 is 16.8 Å². The number of nitrogens with two attached hydrogens (primary N) is 2. The molecule has 1 aromatic carbocycles. The third-order valence-electron chi connectivity index (χ3n) is 2.55. The van der Waals surface area contributed by atoms with Crippen molar-refractivity contribution in [1.29, 1.82) is 0 Å². The number of halogens is 1. The number of amides is 2. The summed E-state index contributed by atoms with van der Waals surface area (Å²) >= 11 is 0. The van der Waals surface area contributed by atoms with E-state index < -0.39 is 5.91 Å². The van der Waals surface area contributed by atoms with E-state index in [0.29, 0.717) is 24.9 Å². The van der Waals surface area contributed by atoms with Crippen molar-refractivity contribution in [3.63, 3.8) is 0 Å². The maximum absolute atomic E-state index is 11.5. The summed E-state index contributed by atoms with van der Waals surface area (Å²) in [5, 5.41) is 2.79. The van der Waals surface area contributed by atoms with Gasteiger partial charge in [-0.3, -0.25) is 9.59 Å². The minimum absolute atomic E-state index is 0. The molecule has 0 saturated carbocycles. The lowest BCUT2D eigenvalue weighted by Gasteiger charge is -2.07. The van der Waals surface area contributed by atoms with Gasteiger partial charge in [-0.05, 0) is 31.0 Å². The summed E-state index contributed by atoms with van der Waals surface area (Å²) in [5.41, 5.74) is 12.1. The number of nitrogens with one attached hydrogen (secondary N) is 1. The summed E-state index contributed by atoms with van der Waals surface area (Å²) in [6.07, 6.45) is 1.10. The van der Waals surface area contributed by atoms with Gasteiger partial charge in [-0.15, -0.1) is 12.4 Å². The molecule has 0 aliphatic heterocycles. The molecule has 2 amide bonds. The molecule has 6 heteroatoms. The van der Waals surface area contributed by atoms with Gasteiger partial charge >= 0.3 is 0 Å². The Morgan fingerprint density at radius 2 is 1.84 bits per heavy atom. The van der Waals surface area contributed by atoms with Gasteiger partial charge in [0.05, 0.1) is 0 Å². The number of carbonyl (C=O) groups excluding carboxylic acids is 2. The molecule has 19 heavy (non-hydrogen) atoms. The molecule has 1 atom stereocenters. The molecular formula is C13H20ClN3O2. The van der Waals surface area contributed by atoms with Crippen LogP contribution in [0.1, 0.15) is 35.7 Å². The van der Waals surface area contributed by atoms with Crippen LogP contribution in [0.4, 0.5) is 0 Å². The Labute approximate surface area is 119 Å². The maximum Gasteiger partial charge on any atom is 0.248 e. The van der Waals surface area contributed by atoms with E-state index in [0.717, 1.165) is 5.56 Å². The molecule has 1 rings (SSSR count). The fraction of sp³-hybridized carbons (Fsp3) is 0.385. The first-order valence-electron chi connectivity index (χ1n) is 5.90. The van der Waals surface area contributed by atoms with E-state index in [1.165, 1.54) is 0 Å². The molecule has 0 aliphatic rings. The highest BCUT2D eigenvalue weighted by Gasteiger charge is 2.04. The lowest BCUT2D eigenvalue weighted by Crippen LogP contribution is -2.25. The Morgan fingerprint density at radius 3 is 2.32 bits per heavy atom. The average Bonchev–Trinajstić information content (AvgIpc) is 2.34. The van der Waals surface area contributed by atoms with E-state index in [4.69, 9.17) is 11.5 Å². The molecule has 0 heterocycles. The van der Waals surface area contributed by atoms with Crippen molar-refractivity contribution in [2.75, 3.05) is 0 Å². The number of hydrogen-bond donors (Lipinski definition) is 3. The van der Waals surface area contributed by atoms with Crippen molar-refractivity contribution < 1.29 is 9.59 Å². The fourth-order valence-electron chi connectivity index (χ4n) is 1.43. The number of carbonyl (C=O) groups is 2. The van der Waals surface area contributed by atoms with E-state index in [-0.39, 0.29) is 24.4 Å². The molecule has 0 radical (unpaired) electrons. The molecule has 0 spiro atoms. The first-order chi connectivity index (χ1) is 8.49. The average molecular weight is 286 g/mol. The molecule has 0 aliphatic carbocycles. The number of primary amides is 1. The van der Waals surface area contributed by atoms with Gasteiger partial charge in [0, 0.05) is 24.6 Å². The summed E-state index contributed by atoms with van der Waals surface area (Å²) in [6.45, 7) is 2.31. The molecule has 0 fully saturated rings. The van der Waals surface area contributed by atoms with Crippen LogP contribution >= 0.6 is 12.4 Å². The number of hydrogen-bond acceptors (Lipinski definition) is 3. The Kier molecular flexibility index (Phi) is 7.79. The van der Waals surface area contributed by atoms with Gasteiger partial charge in [0.25, 0.3) is 0 Å². The van der Waals surface area contributed by atoms with Gasteiger partial charge in [-0.25, -0.2) is 0 Å². The molecule has 0 aromatic heterocycles. The van der Waals surface area contributed by atoms with Crippen molar-refractivity contribution in [3.8, 4) is 0 Å². The highest BCUT2D eigenvalue weighted by molar-refractivity contribution is 5.92. The molecule has 106 valence electrons. The molecule has 0 saturated heterocycles. The Bertz CT molecular complexity index is 418. The van der Waals surface area contributed by atoms with Crippen LogP contribution in [0.2, 0.25) is 0 Å². The molecule has 0 bridgehead atoms. The minimum atomic E-state index is -0.456. The van der Waals surface area contributed by atoms with Crippen LogP contribution in [-0.2, 0) is 11.3 Å². The summed E-state index contributed by atoms with van der Waals surface area (Å²) in [4.78, 5) is 22.3. The first-order valence-corrected chi connectivity index (χ1v) is 5.90. The third-order valence-corrected chi connectivity index (χ3v) is 2.55. The second-order valence-electron chi connectivity index (χ2n) is 4.35. The molecule has 5 nitrogen and oxygen atoms in total. The van der Waals surface area contributed by atoms with Gasteiger partial charge in [-0.2, -0.15) is 0 Å². The Morgan fingerprint density at radius 1 is 1.26 bits per heavy atom. The van der Waals surface area contributed by atoms with E-state index in [2.05, 4.69) is 5.32 Å².